The van der Waals surface area contributed by atoms with Crippen LogP contribution in [0.1, 0.15) is 61.5 Å². The Morgan fingerprint density at radius 2 is 1.90 bits per heavy atom. The van der Waals surface area contributed by atoms with E-state index < -0.39 is 17.7 Å². The van der Waals surface area contributed by atoms with Gasteiger partial charge in [-0.3, -0.25) is 19.3 Å². The smallest absolute Gasteiger partial charge is 0.262 e. The molecular formula is C24H26ClN3O3. The highest BCUT2D eigenvalue weighted by Crippen LogP contribution is 2.51. The standard InChI is InChI=1S/C24H26ClN3O3/c1-27(2)11-9-24(7-8-24)16-5-3-4-15(12-16)6-10-28-22(30)19-14-17(25)13-18(21(26)29)20(19)23(28)31/h3-5,12-14H,6-11H2,1-2H3,(H2,26,29). The van der Waals surface area contributed by atoms with E-state index in [1.54, 1.807) is 0 Å². The second-order valence-corrected chi connectivity index (χ2v) is 9.22. The van der Waals surface area contributed by atoms with Crippen LogP contribution >= 0.6 is 11.6 Å². The van der Waals surface area contributed by atoms with Crippen LogP contribution < -0.4 is 5.73 Å². The molecule has 6 nitrogen and oxygen atoms in total. The molecule has 4 rings (SSSR count). The van der Waals surface area contributed by atoms with Gasteiger partial charge in [-0.25, -0.2) is 0 Å². The Morgan fingerprint density at radius 1 is 1.16 bits per heavy atom. The lowest BCUT2D eigenvalue weighted by molar-refractivity contribution is 0.0654. The van der Waals surface area contributed by atoms with Crippen molar-refractivity contribution in [2.24, 2.45) is 5.73 Å². The molecule has 31 heavy (non-hydrogen) atoms. The van der Waals surface area contributed by atoms with Gasteiger partial charge in [0.05, 0.1) is 16.7 Å². The molecule has 162 valence electrons. The van der Waals surface area contributed by atoms with E-state index in [2.05, 4.69) is 31.1 Å². The molecule has 7 heteroatoms. The molecule has 0 saturated heterocycles. The molecular weight excluding hydrogens is 414 g/mol. The highest BCUT2D eigenvalue weighted by molar-refractivity contribution is 6.33. The van der Waals surface area contributed by atoms with Gasteiger partial charge in [-0.1, -0.05) is 35.9 Å². The van der Waals surface area contributed by atoms with Gasteiger partial charge in [0.25, 0.3) is 11.8 Å². The molecule has 2 aromatic rings. The number of carbonyl (C=O) groups excluding carboxylic acids is 3. The Balaban J connectivity index is 1.50. The van der Waals surface area contributed by atoms with E-state index in [0.29, 0.717) is 6.42 Å². The number of hydrogen-bond acceptors (Lipinski definition) is 4. The van der Waals surface area contributed by atoms with Crippen LogP contribution in [0.15, 0.2) is 36.4 Å². The number of nitrogens with zero attached hydrogens (tertiary/aromatic N) is 2. The van der Waals surface area contributed by atoms with Crippen LogP contribution in [0.4, 0.5) is 0 Å². The van der Waals surface area contributed by atoms with Crippen molar-refractivity contribution in [3.63, 3.8) is 0 Å². The Bertz CT molecular complexity index is 1080. The summed E-state index contributed by atoms with van der Waals surface area (Å²) in [6.45, 7) is 1.28. The van der Waals surface area contributed by atoms with Gasteiger partial charge in [-0.15, -0.1) is 0 Å². The summed E-state index contributed by atoms with van der Waals surface area (Å²) in [6.07, 6.45) is 4.06. The molecule has 0 atom stereocenters. The second-order valence-electron chi connectivity index (χ2n) is 8.79. The predicted molar refractivity (Wildman–Crippen MR) is 120 cm³/mol. The van der Waals surface area contributed by atoms with Crippen LogP contribution in [-0.4, -0.2) is 54.7 Å². The molecule has 2 N–H and O–H groups in total. The molecule has 0 spiro atoms. The molecule has 0 bridgehead atoms. The van der Waals surface area contributed by atoms with Gasteiger partial charge in [0, 0.05) is 11.6 Å². The third-order valence-electron chi connectivity index (χ3n) is 6.36. The van der Waals surface area contributed by atoms with E-state index in [1.807, 2.05) is 12.1 Å². The van der Waals surface area contributed by atoms with E-state index >= 15 is 0 Å². The number of benzene rings is 2. The van der Waals surface area contributed by atoms with Crippen molar-refractivity contribution in [1.82, 2.24) is 9.80 Å². The van der Waals surface area contributed by atoms with Crippen molar-refractivity contribution in [3.8, 4) is 0 Å². The summed E-state index contributed by atoms with van der Waals surface area (Å²) in [6, 6.07) is 11.2. The van der Waals surface area contributed by atoms with Crippen LogP contribution in [0.3, 0.4) is 0 Å². The van der Waals surface area contributed by atoms with Gasteiger partial charge in [-0.2, -0.15) is 0 Å². The maximum atomic E-state index is 12.9. The highest BCUT2D eigenvalue weighted by Gasteiger charge is 2.43. The molecule has 1 aliphatic heterocycles. The van der Waals surface area contributed by atoms with Crippen molar-refractivity contribution in [3.05, 3.63) is 69.2 Å². The van der Waals surface area contributed by atoms with Crippen LogP contribution in [0.5, 0.6) is 0 Å². The van der Waals surface area contributed by atoms with Crippen molar-refractivity contribution in [2.75, 3.05) is 27.2 Å². The van der Waals surface area contributed by atoms with Gasteiger partial charge in [-0.05, 0) is 75.0 Å². The second kappa shape index (κ2) is 8.09. The van der Waals surface area contributed by atoms with E-state index in [4.69, 9.17) is 17.3 Å². The molecule has 3 amide bonds. The van der Waals surface area contributed by atoms with Gasteiger partial charge >= 0.3 is 0 Å². The number of fused-ring (bicyclic) bond motifs is 1. The van der Waals surface area contributed by atoms with E-state index in [1.165, 1.54) is 35.4 Å². The first kappa shape index (κ1) is 21.5. The minimum absolute atomic E-state index is 0.0121. The molecule has 1 heterocycles. The first-order valence-corrected chi connectivity index (χ1v) is 10.8. The molecule has 0 radical (unpaired) electrons. The van der Waals surface area contributed by atoms with Crippen molar-refractivity contribution in [1.29, 1.82) is 0 Å². The zero-order chi connectivity index (χ0) is 22.3. The Morgan fingerprint density at radius 3 is 2.55 bits per heavy atom. The normalized spacial score (nSPS) is 16.7. The van der Waals surface area contributed by atoms with Crippen molar-refractivity contribution >= 4 is 29.3 Å². The molecule has 2 aromatic carbocycles. The van der Waals surface area contributed by atoms with Crippen molar-refractivity contribution < 1.29 is 14.4 Å². The minimum atomic E-state index is -0.776. The highest BCUT2D eigenvalue weighted by atomic mass is 35.5. The number of amides is 3. The summed E-state index contributed by atoms with van der Waals surface area (Å²) in [5.41, 5.74) is 8.24. The maximum Gasteiger partial charge on any atom is 0.262 e. The summed E-state index contributed by atoms with van der Waals surface area (Å²) in [5.74, 6) is -1.71. The monoisotopic (exact) mass is 439 g/mol. The van der Waals surface area contributed by atoms with Crippen LogP contribution in [0.2, 0.25) is 5.02 Å². The zero-order valence-corrected chi connectivity index (χ0v) is 18.5. The minimum Gasteiger partial charge on any atom is -0.366 e. The van der Waals surface area contributed by atoms with E-state index in [-0.39, 0.29) is 33.7 Å². The van der Waals surface area contributed by atoms with Crippen LogP contribution in [-0.2, 0) is 11.8 Å². The summed E-state index contributed by atoms with van der Waals surface area (Å²) in [7, 11) is 4.18. The first-order chi connectivity index (χ1) is 14.7. The first-order valence-electron chi connectivity index (χ1n) is 10.5. The molecule has 2 aliphatic rings. The predicted octanol–water partition coefficient (Wildman–Crippen LogP) is 3.26. The average molecular weight is 440 g/mol. The number of nitrogens with two attached hydrogens (primary N) is 1. The molecule has 1 aliphatic carbocycles. The largest absolute Gasteiger partial charge is 0.366 e. The summed E-state index contributed by atoms with van der Waals surface area (Å²) in [5, 5.41) is 0.204. The van der Waals surface area contributed by atoms with Gasteiger partial charge in [0.1, 0.15) is 0 Å². The molecule has 1 fully saturated rings. The number of rotatable bonds is 8. The number of halogens is 1. The summed E-state index contributed by atoms with van der Waals surface area (Å²) < 4.78 is 0. The SMILES string of the molecule is CN(C)CCC1(c2cccc(CCN3C(=O)c4cc(Cl)cc(C(N)=O)c4C3=O)c2)CC1. The third kappa shape index (κ3) is 4.10. The fourth-order valence-corrected chi connectivity index (χ4v) is 4.56. The van der Waals surface area contributed by atoms with Gasteiger partial charge in [0.2, 0.25) is 5.91 Å². The fourth-order valence-electron chi connectivity index (χ4n) is 4.35. The lowest BCUT2D eigenvalue weighted by Crippen LogP contribution is -2.32. The fraction of sp³-hybridized carbons (Fsp3) is 0.375. The third-order valence-corrected chi connectivity index (χ3v) is 6.58. The van der Waals surface area contributed by atoms with E-state index in [9.17, 15) is 14.4 Å². The maximum absolute atomic E-state index is 12.9. The summed E-state index contributed by atoms with van der Waals surface area (Å²) >= 11 is 6.02. The van der Waals surface area contributed by atoms with Gasteiger partial charge in [0.15, 0.2) is 0 Å². The Kier molecular flexibility index (Phi) is 5.62. The van der Waals surface area contributed by atoms with Crippen LogP contribution in [0.25, 0.3) is 0 Å². The van der Waals surface area contributed by atoms with Gasteiger partial charge < -0.3 is 10.6 Å². The number of imide groups is 1. The average Bonchev–Trinajstić information content (AvgIpc) is 3.48. The number of carbonyl (C=O) groups is 3. The number of primary amides is 1. The number of hydrogen-bond donors (Lipinski definition) is 1. The molecule has 0 aromatic heterocycles. The van der Waals surface area contributed by atoms with Crippen molar-refractivity contribution in [2.45, 2.75) is 31.1 Å². The zero-order valence-electron chi connectivity index (χ0n) is 17.8. The van der Waals surface area contributed by atoms with E-state index in [0.717, 1.165) is 18.5 Å². The van der Waals surface area contributed by atoms with Crippen LogP contribution in [0, 0.1) is 0 Å². The quantitative estimate of drug-likeness (QED) is 0.640. The lowest BCUT2D eigenvalue weighted by atomic mass is 9.90. The Hall–Kier alpha value is -2.70. The topological polar surface area (TPSA) is 83.7 Å². The molecule has 1 saturated carbocycles. The summed E-state index contributed by atoms with van der Waals surface area (Å²) in [4.78, 5) is 40.9. The molecule has 0 unspecified atom stereocenters. The lowest BCUT2D eigenvalue weighted by Gasteiger charge is -2.20. The Labute approximate surface area is 187 Å².